The molecular weight excluding hydrogens is 154 g/mol. The van der Waals surface area contributed by atoms with Crippen molar-refractivity contribution in [3.63, 3.8) is 0 Å². The largest absolute Gasteiger partial charge is 0.465 e. The summed E-state index contributed by atoms with van der Waals surface area (Å²) in [6.07, 6.45) is 4.16. The van der Waals surface area contributed by atoms with Gasteiger partial charge in [0.05, 0.1) is 6.61 Å². The van der Waals surface area contributed by atoms with Crippen LogP contribution in [0.3, 0.4) is 0 Å². The number of carbonyl (C=O) groups is 1. The third-order valence-electron chi connectivity index (χ3n) is 2.14. The molecule has 3 nitrogen and oxygen atoms in total. The average Bonchev–Trinajstić information content (AvgIpc) is 2.86. The second kappa shape index (κ2) is 4.45. The van der Waals surface area contributed by atoms with E-state index in [1.807, 2.05) is 0 Å². The highest BCUT2D eigenvalue weighted by atomic mass is 16.5. The van der Waals surface area contributed by atoms with Gasteiger partial charge in [-0.15, -0.1) is 0 Å². The van der Waals surface area contributed by atoms with E-state index >= 15 is 0 Å². The molecule has 12 heavy (non-hydrogen) atoms. The Hall–Kier alpha value is -0.570. The minimum atomic E-state index is -0.359. The standard InChI is InChI=1S/C9H17NO2/c1-2-3-6-12-9(11)8(10)7-4-5-7/h7-8H,2-6,10H2,1H3. The molecule has 1 fully saturated rings. The molecule has 1 rings (SSSR count). The first-order valence-electron chi connectivity index (χ1n) is 4.68. The Kier molecular flexibility index (Phi) is 3.53. The maximum Gasteiger partial charge on any atom is 0.323 e. The summed E-state index contributed by atoms with van der Waals surface area (Å²) >= 11 is 0. The molecule has 0 heterocycles. The number of unbranched alkanes of at least 4 members (excludes halogenated alkanes) is 1. The maximum absolute atomic E-state index is 11.2. The molecule has 70 valence electrons. The monoisotopic (exact) mass is 171 g/mol. The summed E-state index contributed by atoms with van der Waals surface area (Å²) < 4.78 is 4.98. The molecule has 0 radical (unpaired) electrons. The average molecular weight is 171 g/mol. The predicted octanol–water partition coefficient (Wildman–Crippen LogP) is 1.07. The smallest absolute Gasteiger partial charge is 0.323 e. The van der Waals surface area contributed by atoms with E-state index in [0.717, 1.165) is 25.7 Å². The lowest BCUT2D eigenvalue weighted by Gasteiger charge is -2.09. The van der Waals surface area contributed by atoms with Crippen molar-refractivity contribution in [3.8, 4) is 0 Å². The van der Waals surface area contributed by atoms with Crippen LogP contribution in [0.25, 0.3) is 0 Å². The zero-order valence-corrected chi connectivity index (χ0v) is 7.58. The molecule has 0 spiro atoms. The molecule has 1 saturated carbocycles. The lowest BCUT2D eigenvalue weighted by Crippen LogP contribution is -2.34. The van der Waals surface area contributed by atoms with Gasteiger partial charge in [0, 0.05) is 0 Å². The molecule has 1 aliphatic rings. The highest BCUT2D eigenvalue weighted by Crippen LogP contribution is 2.31. The number of rotatable bonds is 5. The summed E-state index contributed by atoms with van der Waals surface area (Å²) in [5.74, 6) is 0.185. The number of ether oxygens (including phenoxy) is 1. The first-order valence-corrected chi connectivity index (χ1v) is 4.68. The van der Waals surface area contributed by atoms with Crippen molar-refractivity contribution in [3.05, 3.63) is 0 Å². The number of esters is 1. The van der Waals surface area contributed by atoms with Gasteiger partial charge in [-0.2, -0.15) is 0 Å². The molecule has 0 aromatic heterocycles. The summed E-state index contributed by atoms with van der Waals surface area (Å²) in [5.41, 5.74) is 5.63. The highest BCUT2D eigenvalue weighted by molar-refractivity contribution is 5.76. The van der Waals surface area contributed by atoms with Crippen LogP contribution in [0.1, 0.15) is 32.6 Å². The van der Waals surface area contributed by atoms with E-state index in [0.29, 0.717) is 12.5 Å². The van der Waals surface area contributed by atoms with Gasteiger partial charge in [0.1, 0.15) is 6.04 Å². The molecule has 1 atom stereocenters. The summed E-state index contributed by atoms with van der Waals surface area (Å²) in [6, 6.07) is -0.359. The van der Waals surface area contributed by atoms with E-state index in [1.165, 1.54) is 0 Å². The molecule has 0 aromatic rings. The van der Waals surface area contributed by atoms with E-state index in [9.17, 15) is 4.79 Å². The van der Waals surface area contributed by atoms with Crippen LogP contribution in [0.4, 0.5) is 0 Å². The molecular formula is C9H17NO2. The Morgan fingerprint density at radius 3 is 2.83 bits per heavy atom. The van der Waals surface area contributed by atoms with Crippen LogP contribution < -0.4 is 5.73 Å². The lowest BCUT2D eigenvalue weighted by atomic mass is 10.2. The van der Waals surface area contributed by atoms with E-state index in [2.05, 4.69) is 6.92 Å². The number of nitrogens with two attached hydrogens (primary N) is 1. The van der Waals surface area contributed by atoms with Crippen LogP contribution in [0, 0.1) is 5.92 Å². The fourth-order valence-corrected chi connectivity index (χ4v) is 1.06. The minimum absolute atomic E-state index is 0.217. The van der Waals surface area contributed by atoms with Crippen molar-refractivity contribution < 1.29 is 9.53 Å². The molecule has 0 aliphatic heterocycles. The van der Waals surface area contributed by atoms with Gasteiger partial charge in [-0.3, -0.25) is 4.79 Å². The molecule has 0 aromatic carbocycles. The van der Waals surface area contributed by atoms with Crippen molar-refractivity contribution in [1.82, 2.24) is 0 Å². The van der Waals surface area contributed by atoms with E-state index < -0.39 is 0 Å². The van der Waals surface area contributed by atoms with Gasteiger partial charge in [-0.1, -0.05) is 13.3 Å². The highest BCUT2D eigenvalue weighted by Gasteiger charge is 2.34. The lowest BCUT2D eigenvalue weighted by molar-refractivity contribution is -0.145. The molecule has 0 bridgehead atoms. The normalized spacial score (nSPS) is 18.8. The van der Waals surface area contributed by atoms with Crippen molar-refractivity contribution in [2.75, 3.05) is 6.61 Å². The summed E-state index contributed by atoms with van der Waals surface area (Å²) in [6.45, 7) is 2.59. The Bertz CT molecular complexity index is 155. The molecule has 1 unspecified atom stereocenters. The van der Waals surface area contributed by atoms with Gasteiger partial charge in [-0.05, 0) is 25.2 Å². The Morgan fingerprint density at radius 1 is 1.67 bits per heavy atom. The molecule has 3 heteroatoms. The zero-order valence-electron chi connectivity index (χ0n) is 7.58. The Labute approximate surface area is 73.3 Å². The van der Waals surface area contributed by atoms with Gasteiger partial charge in [0.2, 0.25) is 0 Å². The molecule has 2 N–H and O–H groups in total. The van der Waals surface area contributed by atoms with Crippen molar-refractivity contribution in [2.45, 2.75) is 38.6 Å². The Balaban J connectivity index is 2.09. The van der Waals surface area contributed by atoms with Crippen LogP contribution in [-0.4, -0.2) is 18.6 Å². The first kappa shape index (κ1) is 9.52. The summed E-state index contributed by atoms with van der Waals surface area (Å²) in [5, 5.41) is 0. The topological polar surface area (TPSA) is 52.3 Å². The SMILES string of the molecule is CCCCOC(=O)C(N)C1CC1. The fraction of sp³-hybridized carbons (Fsp3) is 0.889. The number of carbonyl (C=O) groups excluding carboxylic acids is 1. The quantitative estimate of drug-likeness (QED) is 0.497. The number of hydrogen-bond acceptors (Lipinski definition) is 3. The van der Waals surface area contributed by atoms with Crippen molar-refractivity contribution in [2.24, 2.45) is 11.7 Å². The molecule has 0 amide bonds. The zero-order chi connectivity index (χ0) is 8.97. The van der Waals surface area contributed by atoms with Crippen LogP contribution in [0.5, 0.6) is 0 Å². The van der Waals surface area contributed by atoms with Crippen LogP contribution in [-0.2, 0) is 9.53 Å². The van der Waals surface area contributed by atoms with Gasteiger partial charge in [0.25, 0.3) is 0 Å². The Morgan fingerprint density at radius 2 is 2.33 bits per heavy atom. The van der Waals surface area contributed by atoms with E-state index in [1.54, 1.807) is 0 Å². The van der Waals surface area contributed by atoms with E-state index in [-0.39, 0.29) is 12.0 Å². The van der Waals surface area contributed by atoms with Crippen LogP contribution in [0.2, 0.25) is 0 Å². The van der Waals surface area contributed by atoms with Crippen LogP contribution in [0.15, 0.2) is 0 Å². The van der Waals surface area contributed by atoms with Gasteiger partial charge in [-0.25, -0.2) is 0 Å². The van der Waals surface area contributed by atoms with E-state index in [4.69, 9.17) is 10.5 Å². The van der Waals surface area contributed by atoms with Crippen LogP contribution >= 0.6 is 0 Å². The fourth-order valence-electron chi connectivity index (χ4n) is 1.06. The first-order chi connectivity index (χ1) is 5.75. The second-order valence-corrected chi connectivity index (χ2v) is 3.38. The molecule has 0 saturated heterocycles. The third-order valence-corrected chi connectivity index (χ3v) is 2.14. The second-order valence-electron chi connectivity index (χ2n) is 3.38. The van der Waals surface area contributed by atoms with Gasteiger partial charge in [0.15, 0.2) is 0 Å². The van der Waals surface area contributed by atoms with Crippen molar-refractivity contribution in [1.29, 1.82) is 0 Å². The minimum Gasteiger partial charge on any atom is -0.465 e. The number of hydrogen-bond donors (Lipinski definition) is 1. The molecule has 1 aliphatic carbocycles. The maximum atomic E-state index is 11.2. The van der Waals surface area contributed by atoms with Crippen molar-refractivity contribution >= 4 is 5.97 Å². The van der Waals surface area contributed by atoms with Gasteiger partial charge < -0.3 is 10.5 Å². The predicted molar refractivity (Wildman–Crippen MR) is 46.6 cm³/mol. The van der Waals surface area contributed by atoms with Gasteiger partial charge >= 0.3 is 5.97 Å². The summed E-state index contributed by atoms with van der Waals surface area (Å²) in [7, 11) is 0. The summed E-state index contributed by atoms with van der Waals surface area (Å²) in [4.78, 5) is 11.2. The third kappa shape index (κ3) is 2.81.